The predicted molar refractivity (Wildman–Crippen MR) is 87.1 cm³/mol. The van der Waals surface area contributed by atoms with Gasteiger partial charge in [-0.25, -0.2) is 0 Å². The fraction of sp³-hybridized carbons (Fsp3) is 0.667. The van der Waals surface area contributed by atoms with Crippen molar-refractivity contribution in [2.45, 2.75) is 74.9 Å². The molecule has 0 heterocycles. The van der Waals surface area contributed by atoms with Crippen LogP contribution in [0.15, 0.2) is 29.2 Å². The highest BCUT2D eigenvalue weighted by Crippen LogP contribution is 2.38. The maximum Gasteiger partial charge on any atom is 0.288 e. The van der Waals surface area contributed by atoms with Gasteiger partial charge in [-0.2, -0.15) is 8.78 Å². The van der Waals surface area contributed by atoms with Crippen LogP contribution in [0.3, 0.4) is 0 Å². The zero-order chi connectivity index (χ0) is 15.1. The van der Waals surface area contributed by atoms with Crippen LogP contribution in [0.2, 0.25) is 0 Å². The first kappa shape index (κ1) is 16.8. The van der Waals surface area contributed by atoms with Crippen molar-refractivity contribution in [1.29, 1.82) is 0 Å². The third-order valence-corrected chi connectivity index (χ3v) is 5.36. The highest BCUT2D eigenvalue weighted by Gasteiger charge is 2.22. The molecule has 0 aliphatic heterocycles. The molecule has 0 nitrogen and oxygen atoms in total. The minimum absolute atomic E-state index is 0.632. The van der Waals surface area contributed by atoms with Crippen molar-refractivity contribution in [3.63, 3.8) is 0 Å². The first-order chi connectivity index (χ1) is 10.2. The molecule has 1 aliphatic carbocycles. The second kappa shape index (κ2) is 8.77. The summed E-state index contributed by atoms with van der Waals surface area (Å²) < 4.78 is 24.6. The van der Waals surface area contributed by atoms with Gasteiger partial charge in [0.1, 0.15) is 0 Å². The molecule has 0 amide bonds. The molecule has 21 heavy (non-hydrogen) atoms. The Hall–Kier alpha value is -0.570. The Balaban J connectivity index is 1.79. The van der Waals surface area contributed by atoms with Crippen molar-refractivity contribution >= 4 is 11.8 Å². The van der Waals surface area contributed by atoms with E-state index in [0.717, 1.165) is 5.92 Å². The molecule has 118 valence electrons. The molecule has 1 saturated carbocycles. The number of thioether (sulfide) groups is 1. The first-order valence-corrected chi connectivity index (χ1v) is 9.11. The van der Waals surface area contributed by atoms with Gasteiger partial charge in [-0.1, -0.05) is 56.5 Å². The lowest BCUT2D eigenvalue weighted by atomic mass is 9.77. The van der Waals surface area contributed by atoms with E-state index in [0.29, 0.717) is 22.6 Å². The van der Waals surface area contributed by atoms with Crippen LogP contribution in [-0.4, -0.2) is 5.76 Å². The predicted octanol–water partition coefficient (Wildman–Crippen LogP) is 6.86. The molecular weight excluding hydrogens is 286 g/mol. The summed E-state index contributed by atoms with van der Waals surface area (Å²) >= 11 is 0.632. The van der Waals surface area contributed by atoms with Gasteiger partial charge in [-0.3, -0.25) is 0 Å². The van der Waals surface area contributed by atoms with E-state index < -0.39 is 5.76 Å². The molecular formula is C18H26F2S. The van der Waals surface area contributed by atoms with Gasteiger partial charge in [0.05, 0.1) is 0 Å². The van der Waals surface area contributed by atoms with Crippen LogP contribution >= 0.6 is 11.8 Å². The largest absolute Gasteiger partial charge is 0.288 e. The van der Waals surface area contributed by atoms with E-state index >= 15 is 0 Å². The molecule has 0 bridgehead atoms. The van der Waals surface area contributed by atoms with Crippen LogP contribution in [0.5, 0.6) is 0 Å². The molecule has 0 aromatic heterocycles. The van der Waals surface area contributed by atoms with Crippen LogP contribution in [0.25, 0.3) is 0 Å². The van der Waals surface area contributed by atoms with Gasteiger partial charge >= 0.3 is 0 Å². The molecule has 1 aromatic carbocycles. The van der Waals surface area contributed by atoms with Gasteiger partial charge < -0.3 is 0 Å². The SMILES string of the molecule is CCCCCC1CCC(c2ccc(SC(F)F)cc2)CC1. The lowest BCUT2D eigenvalue weighted by molar-refractivity contribution is 0.252. The number of rotatable bonds is 7. The van der Waals surface area contributed by atoms with E-state index in [2.05, 4.69) is 6.92 Å². The van der Waals surface area contributed by atoms with Crippen LogP contribution in [-0.2, 0) is 0 Å². The minimum Gasteiger partial charge on any atom is -0.198 e. The second-order valence-corrected chi connectivity index (χ2v) is 7.22. The molecule has 0 radical (unpaired) electrons. The third-order valence-electron chi connectivity index (χ3n) is 4.64. The number of hydrogen-bond donors (Lipinski definition) is 0. The molecule has 0 atom stereocenters. The van der Waals surface area contributed by atoms with E-state index in [4.69, 9.17) is 0 Å². The smallest absolute Gasteiger partial charge is 0.198 e. The number of halogens is 2. The van der Waals surface area contributed by atoms with Crippen LogP contribution in [0.1, 0.15) is 69.8 Å². The number of benzene rings is 1. The first-order valence-electron chi connectivity index (χ1n) is 8.23. The van der Waals surface area contributed by atoms with Gasteiger partial charge in [0.25, 0.3) is 5.76 Å². The summed E-state index contributed by atoms with van der Waals surface area (Å²) in [5.41, 5.74) is 1.33. The lowest BCUT2D eigenvalue weighted by Gasteiger charge is -2.29. The zero-order valence-electron chi connectivity index (χ0n) is 12.9. The summed E-state index contributed by atoms with van der Waals surface area (Å²) in [6.45, 7) is 2.26. The summed E-state index contributed by atoms with van der Waals surface area (Å²) in [5.74, 6) is -0.770. The number of alkyl halides is 2. The molecule has 3 heteroatoms. The quantitative estimate of drug-likeness (QED) is 0.391. The topological polar surface area (TPSA) is 0 Å². The summed E-state index contributed by atoms with van der Waals surface area (Å²) in [6, 6.07) is 7.79. The fourth-order valence-electron chi connectivity index (χ4n) is 3.39. The zero-order valence-corrected chi connectivity index (χ0v) is 13.7. The monoisotopic (exact) mass is 312 g/mol. The minimum atomic E-state index is -2.32. The van der Waals surface area contributed by atoms with Crippen molar-refractivity contribution in [3.05, 3.63) is 29.8 Å². The summed E-state index contributed by atoms with van der Waals surface area (Å²) in [6.07, 6.45) is 10.6. The van der Waals surface area contributed by atoms with Gasteiger partial charge in [-0.15, -0.1) is 0 Å². The van der Waals surface area contributed by atoms with Crippen LogP contribution in [0.4, 0.5) is 8.78 Å². The van der Waals surface area contributed by atoms with Crippen molar-refractivity contribution in [1.82, 2.24) is 0 Å². The van der Waals surface area contributed by atoms with Crippen LogP contribution in [0, 0.1) is 5.92 Å². The van der Waals surface area contributed by atoms with Gasteiger partial charge in [0, 0.05) is 4.90 Å². The standard InChI is InChI=1S/C18H26F2S/c1-2-3-4-5-14-6-8-15(9-7-14)16-10-12-17(13-11-16)21-18(19)20/h10-15,18H,2-9H2,1H3. The van der Waals surface area contributed by atoms with E-state index in [9.17, 15) is 8.78 Å². The Morgan fingerprint density at radius 1 is 1.05 bits per heavy atom. The Morgan fingerprint density at radius 2 is 1.71 bits per heavy atom. The normalized spacial score (nSPS) is 22.7. The molecule has 0 unspecified atom stereocenters. The Kier molecular flexibility index (Phi) is 7.01. The highest BCUT2D eigenvalue weighted by atomic mass is 32.2. The Labute approximate surface area is 131 Å². The molecule has 1 fully saturated rings. The van der Waals surface area contributed by atoms with Gasteiger partial charge in [-0.05, 0) is 55.2 Å². The van der Waals surface area contributed by atoms with Crippen molar-refractivity contribution < 1.29 is 8.78 Å². The Bertz CT molecular complexity index is 394. The molecule has 2 rings (SSSR count). The Morgan fingerprint density at radius 3 is 2.29 bits per heavy atom. The van der Waals surface area contributed by atoms with Crippen molar-refractivity contribution in [3.8, 4) is 0 Å². The molecule has 0 spiro atoms. The molecule has 1 aromatic rings. The second-order valence-electron chi connectivity index (χ2n) is 6.16. The van der Waals surface area contributed by atoms with Crippen molar-refractivity contribution in [2.75, 3.05) is 0 Å². The summed E-state index contributed by atoms with van der Waals surface area (Å²) in [7, 11) is 0. The maximum atomic E-state index is 12.3. The van der Waals surface area contributed by atoms with E-state index in [1.807, 2.05) is 24.3 Å². The van der Waals surface area contributed by atoms with E-state index in [-0.39, 0.29) is 0 Å². The molecule has 0 saturated heterocycles. The third kappa shape index (κ3) is 5.61. The average molecular weight is 312 g/mol. The summed E-state index contributed by atoms with van der Waals surface area (Å²) in [5, 5.41) is 0. The number of unbranched alkanes of at least 4 members (excludes halogenated alkanes) is 2. The fourth-order valence-corrected chi connectivity index (χ4v) is 3.89. The molecule has 0 N–H and O–H groups in total. The van der Waals surface area contributed by atoms with Gasteiger partial charge in [0.15, 0.2) is 0 Å². The maximum absolute atomic E-state index is 12.3. The van der Waals surface area contributed by atoms with Crippen molar-refractivity contribution in [2.24, 2.45) is 5.92 Å². The van der Waals surface area contributed by atoms with E-state index in [1.165, 1.54) is 56.9 Å². The van der Waals surface area contributed by atoms with E-state index in [1.54, 1.807) is 0 Å². The molecule has 1 aliphatic rings. The highest BCUT2D eigenvalue weighted by molar-refractivity contribution is 7.99. The van der Waals surface area contributed by atoms with Gasteiger partial charge in [0.2, 0.25) is 0 Å². The van der Waals surface area contributed by atoms with Crippen LogP contribution < -0.4 is 0 Å². The number of hydrogen-bond acceptors (Lipinski definition) is 1. The summed E-state index contributed by atoms with van der Waals surface area (Å²) in [4.78, 5) is 0.669. The lowest BCUT2D eigenvalue weighted by Crippen LogP contribution is -2.13. The average Bonchev–Trinajstić information content (AvgIpc) is 2.49.